The van der Waals surface area contributed by atoms with Crippen molar-refractivity contribution in [2.75, 3.05) is 19.0 Å². The number of methoxy groups -OCH3 is 1. The lowest BCUT2D eigenvalue weighted by Gasteiger charge is -2.23. The monoisotopic (exact) mass is 373 g/mol. The SMILES string of the molecule is COc1ccc(NC(=O)C2CCCN2Cc2csc(C(C)(C)C)n2)cc1. The molecule has 26 heavy (non-hydrogen) atoms. The predicted molar refractivity (Wildman–Crippen MR) is 106 cm³/mol. The van der Waals surface area contributed by atoms with E-state index in [-0.39, 0.29) is 17.4 Å². The summed E-state index contributed by atoms with van der Waals surface area (Å²) >= 11 is 1.71. The Morgan fingerprint density at radius 3 is 2.69 bits per heavy atom. The zero-order chi connectivity index (χ0) is 18.7. The number of rotatable bonds is 5. The van der Waals surface area contributed by atoms with Crippen molar-refractivity contribution in [2.24, 2.45) is 0 Å². The summed E-state index contributed by atoms with van der Waals surface area (Å²) in [7, 11) is 1.63. The molecule has 1 saturated heterocycles. The number of nitrogens with one attached hydrogen (secondary N) is 1. The number of likely N-dealkylation sites (tertiary alicyclic amines) is 1. The van der Waals surface area contributed by atoms with Gasteiger partial charge in [0, 0.05) is 23.0 Å². The molecule has 2 aromatic rings. The number of hydrogen-bond acceptors (Lipinski definition) is 5. The maximum Gasteiger partial charge on any atom is 0.241 e. The fraction of sp³-hybridized carbons (Fsp3) is 0.500. The number of hydrogen-bond donors (Lipinski definition) is 1. The van der Waals surface area contributed by atoms with Gasteiger partial charge in [0.05, 0.1) is 23.9 Å². The molecule has 6 heteroatoms. The predicted octanol–water partition coefficient (Wildman–Crippen LogP) is 4.05. The summed E-state index contributed by atoms with van der Waals surface area (Å²) in [5.41, 5.74) is 1.93. The second-order valence-electron chi connectivity index (χ2n) is 7.74. The Bertz CT molecular complexity index is 749. The number of amides is 1. The van der Waals surface area contributed by atoms with Gasteiger partial charge in [-0.3, -0.25) is 9.69 Å². The Labute approximate surface area is 159 Å². The van der Waals surface area contributed by atoms with Crippen molar-refractivity contribution < 1.29 is 9.53 Å². The summed E-state index contributed by atoms with van der Waals surface area (Å²) in [4.78, 5) is 19.7. The van der Waals surface area contributed by atoms with Gasteiger partial charge in [0.25, 0.3) is 0 Å². The van der Waals surface area contributed by atoms with Crippen LogP contribution in [-0.4, -0.2) is 35.5 Å². The van der Waals surface area contributed by atoms with E-state index in [1.807, 2.05) is 24.3 Å². The number of aromatic nitrogens is 1. The Morgan fingerprint density at radius 1 is 1.35 bits per heavy atom. The van der Waals surface area contributed by atoms with Crippen LogP contribution in [0, 0.1) is 0 Å². The van der Waals surface area contributed by atoms with Gasteiger partial charge < -0.3 is 10.1 Å². The summed E-state index contributed by atoms with van der Waals surface area (Å²) in [6.45, 7) is 8.19. The lowest BCUT2D eigenvalue weighted by atomic mass is 9.98. The first-order valence-corrected chi connectivity index (χ1v) is 9.88. The number of thiazole rings is 1. The number of benzene rings is 1. The highest BCUT2D eigenvalue weighted by Gasteiger charge is 2.31. The molecule has 1 atom stereocenters. The smallest absolute Gasteiger partial charge is 0.241 e. The van der Waals surface area contributed by atoms with E-state index < -0.39 is 0 Å². The second kappa shape index (κ2) is 7.76. The minimum absolute atomic E-state index is 0.0546. The molecule has 0 saturated carbocycles. The molecule has 0 aliphatic carbocycles. The summed E-state index contributed by atoms with van der Waals surface area (Å²) in [5.74, 6) is 0.836. The number of carbonyl (C=O) groups is 1. The van der Waals surface area contributed by atoms with E-state index in [1.54, 1.807) is 18.4 Å². The third kappa shape index (κ3) is 4.43. The van der Waals surface area contributed by atoms with Gasteiger partial charge in [-0.05, 0) is 43.7 Å². The zero-order valence-corrected chi connectivity index (χ0v) is 16.7. The molecule has 3 rings (SSSR count). The molecule has 0 radical (unpaired) electrons. The number of nitrogens with zero attached hydrogens (tertiary/aromatic N) is 2. The van der Waals surface area contributed by atoms with Crippen molar-refractivity contribution in [2.45, 2.75) is 51.6 Å². The van der Waals surface area contributed by atoms with Crippen LogP contribution >= 0.6 is 11.3 Å². The van der Waals surface area contributed by atoms with E-state index in [2.05, 4.69) is 36.4 Å². The van der Waals surface area contributed by atoms with E-state index in [0.29, 0.717) is 0 Å². The van der Waals surface area contributed by atoms with Crippen LogP contribution in [0.4, 0.5) is 5.69 Å². The largest absolute Gasteiger partial charge is 0.497 e. The first-order chi connectivity index (χ1) is 12.4. The highest BCUT2D eigenvalue weighted by atomic mass is 32.1. The van der Waals surface area contributed by atoms with Gasteiger partial charge >= 0.3 is 0 Å². The summed E-state index contributed by atoms with van der Waals surface area (Å²) in [6, 6.07) is 7.34. The fourth-order valence-electron chi connectivity index (χ4n) is 3.14. The average Bonchev–Trinajstić information content (AvgIpc) is 3.25. The molecule has 1 fully saturated rings. The summed E-state index contributed by atoms with van der Waals surface area (Å²) in [6.07, 6.45) is 1.93. The standard InChI is InChI=1S/C20H27N3O2S/c1-20(2,3)19-22-15(13-26-19)12-23-11-5-6-17(23)18(24)21-14-7-9-16(25-4)10-8-14/h7-10,13,17H,5-6,11-12H2,1-4H3,(H,21,24). The maximum atomic E-state index is 12.7. The first kappa shape index (κ1) is 18.9. The van der Waals surface area contributed by atoms with Crippen LogP contribution in [0.15, 0.2) is 29.6 Å². The van der Waals surface area contributed by atoms with Crippen molar-refractivity contribution in [3.05, 3.63) is 40.3 Å². The highest BCUT2D eigenvalue weighted by Crippen LogP contribution is 2.28. The molecule has 1 N–H and O–H groups in total. The van der Waals surface area contributed by atoms with Gasteiger partial charge in [-0.25, -0.2) is 4.98 Å². The van der Waals surface area contributed by atoms with Gasteiger partial charge in [0.2, 0.25) is 5.91 Å². The maximum absolute atomic E-state index is 12.7. The molecule has 1 aromatic heterocycles. The van der Waals surface area contributed by atoms with E-state index in [1.165, 1.54) is 0 Å². The van der Waals surface area contributed by atoms with E-state index in [4.69, 9.17) is 9.72 Å². The van der Waals surface area contributed by atoms with Crippen LogP contribution in [0.2, 0.25) is 0 Å². The number of anilines is 1. The second-order valence-corrected chi connectivity index (χ2v) is 8.60. The van der Waals surface area contributed by atoms with Gasteiger partial charge in [-0.2, -0.15) is 0 Å². The van der Waals surface area contributed by atoms with Crippen molar-refractivity contribution in [1.29, 1.82) is 0 Å². The summed E-state index contributed by atoms with van der Waals surface area (Å²) < 4.78 is 5.16. The topological polar surface area (TPSA) is 54.5 Å². The molecule has 1 aliphatic heterocycles. The van der Waals surface area contributed by atoms with Gasteiger partial charge in [0.1, 0.15) is 5.75 Å². The molecule has 1 aliphatic rings. The molecule has 1 aromatic carbocycles. The van der Waals surface area contributed by atoms with E-state index >= 15 is 0 Å². The number of ether oxygens (including phenoxy) is 1. The van der Waals surface area contributed by atoms with E-state index in [9.17, 15) is 4.79 Å². The van der Waals surface area contributed by atoms with Gasteiger partial charge in [0.15, 0.2) is 0 Å². The molecule has 1 amide bonds. The summed E-state index contributed by atoms with van der Waals surface area (Å²) in [5, 5.41) is 6.29. The molecule has 0 spiro atoms. The number of carbonyl (C=O) groups excluding carboxylic acids is 1. The molecule has 1 unspecified atom stereocenters. The van der Waals surface area contributed by atoms with Crippen LogP contribution in [0.25, 0.3) is 0 Å². The quantitative estimate of drug-likeness (QED) is 0.859. The molecule has 140 valence electrons. The van der Waals surface area contributed by atoms with Crippen LogP contribution in [0.1, 0.15) is 44.3 Å². The lowest BCUT2D eigenvalue weighted by molar-refractivity contribution is -0.120. The minimum atomic E-state index is -0.100. The van der Waals surface area contributed by atoms with Gasteiger partial charge in [-0.1, -0.05) is 20.8 Å². The molecule has 5 nitrogen and oxygen atoms in total. The Hall–Kier alpha value is -1.92. The molecule has 2 heterocycles. The Morgan fingerprint density at radius 2 is 2.08 bits per heavy atom. The third-order valence-electron chi connectivity index (χ3n) is 4.58. The first-order valence-electron chi connectivity index (χ1n) is 9.00. The Kier molecular flexibility index (Phi) is 5.63. The van der Waals surface area contributed by atoms with Gasteiger partial charge in [-0.15, -0.1) is 11.3 Å². The Balaban J connectivity index is 1.63. The zero-order valence-electron chi connectivity index (χ0n) is 15.9. The molecular weight excluding hydrogens is 346 g/mol. The highest BCUT2D eigenvalue weighted by molar-refractivity contribution is 7.09. The molecule has 0 bridgehead atoms. The average molecular weight is 374 g/mol. The van der Waals surface area contributed by atoms with Crippen LogP contribution < -0.4 is 10.1 Å². The molecular formula is C20H27N3O2S. The van der Waals surface area contributed by atoms with Crippen molar-refractivity contribution in [3.8, 4) is 5.75 Å². The minimum Gasteiger partial charge on any atom is -0.497 e. The van der Waals surface area contributed by atoms with Crippen LogP contribution in [0.3, 0.4) is 0 Å². The normalized spacial score (nSPS) is 18.1. The van der Waals surface area contributed by atoms with Crippen molar-refractivity contribution >= 4 is 22.9 Å². The fourth-order valence-corrected chi connectivity index (χ4v) is 4.04. The van der Waals surface area contributed by atoms with E-state index in [0.717, 1.165) is 48.1 Å². The van der Waals surface area contributed by atoms with Crippen LogP contribution in [-0.2, 0) is 16.8 Å². The van der Waals surface area contributed by atoms with Crippen molar-refractivity contribution in [1.82, 2.24) is 9.88 Å². The van der Waals surface area contributed by atoms with Crippen LogP contribution in [0.5, 0.6) is 5.75 Å². The van der Waals surface area contributed by atoms with Crippen molar-refractivity contribution in [3.63, 3.8) is 0 Å². The lowest BCUT2D eigenvalue weighted by Crippen LogP contribution is -2.39. The third-order valence-corrected chi connectivity index (χ3v) is 5.90.